The molecule has 5 heteroatoms. The molecule has 0 N–H and O–H groups in total. The largest absolute Gasteiger partial charge is 0.309 e. The van der Waals surface area contributed by atoms with Crippen molar-refractivity contribution in [1.29, 1.82) is 0 Å². The average molecular weight is 804 g/mol. The molecule has 0 radical (unpaired) electrons. The fraction of sp³-hybridized carbons (Fsp3) is 0. The minimum atomic E-state index is 0.620. The van der Waals surface area contributed by atoms with Gasteiger partial charge in [0.1, 0.15) is 0 Å². The van der Waals surface area contributed by atoms with Crippen LogP contribution >= 0.6 is 0 Å². The molecule has 0 aliphatic carbocycles. The maximum Gasteiger partial charge on any atom is 0.237 e. The van der Waals surface area contributed by atoms with Crippen molar-refractivity contribution in [2.75, 3.05) is 0 Å². The summed E-state index contributed by atoms with van der Waals surface area (Å²) in [5.74, 6) is 0.620. The SMILES string of the molecule is c1ccc(-c2ccc3c(c2)c2c(-c4ccccc4)nc(-n4c5ccccc5c5ccc(-c6ccc7c(c6)c6ccccc6n7-c6ccccc6)cc54)nc2n3-c2ccccc2)cc1. The number of fused-ring (bicyclic) bond motifs is 9. The predicted octanol–water partition coefficient (Wildman–Crippen LogP) is 14.8. The highest BCUT2D eigenvalue weighted by Gasteiger charge is 2.24. The summed E-state index contributed by atoms with van der Waals surface area (Å²) in [4.78, 5) is 11.3. The fourth-order valence-electron chi connectivity index (χ4n) is 9.82. The van der Waals surface area contributed by atoms with E-state index in [0.717, 1.165) is 83.1 Å². The molecule has 0 fully saturated rings. The van der Waals surface area contributed by atoms with Crippen LogP contribution < -0.4 is 0 Å². The van der Waals surface area contributed by atoms with E-state index in [-0.39, 0.29) is 0 Å². The normalized spacial score (nSPS) is 11.8. The van der Waals surface area contributed by atoms with Gasteiger partial charge < -0.3 is 4.57 Å². The van der Waals surface area contributed by atoms with Crippen molar-refractivity contribution in [1.82, 2.24) is 23.7 Å². The quantitative estimate of drug-likeness (QED) is 0.168. The van der Waals surface area contributed by atoms with Gasteiger partial charge in [-0.25, -0.2) is 4.98 Å². The van der Waals surface area contributed by atoms with Crippen LogP contribution in [0.15, 0.2) is 224 Å². The summed E-state index contributed by atoms with van der Waals surface area (Å²) in [6.07, 6.45) is 0. The molecule has 0 saturated carbocycles. The molecule has 63 heavy (non-hydrogen) atoms. The van der Waals surface area contributed by atoms with E-state index >= 15 is 0 Å². The van der Waals surface area contributed by atoms with Gasteiger partial charge in [-0.3, -0.25) is 9.13 Å². The van der Waals surface area contributed by atoms with E-state index in [1.54, 1.807) is 0 Å². The van der Waals surface area contributed by atoms with Gasteiger partial charge in [-0.05, 0) is 89.0 Å². The average Bonchev–Trinajstić information content (AvgIpc) is 3.99. The molecule has 0 aliphatic heterocycles. The van der Waals surface area contributed by atoms with Crippen LogP contribution in [0.4, 0.5) is 0 Å². The highest BCUT2D eigenvalue weighted by molar-refractivity contribution is 6.16. The molecule has 0 bridgehead atoms. The maximum absolute atomic E-state index is 5.64. The first-order chi connectivity index (χ1) is 31.3. The lowest BCUT2D eigenvalue weighted by Crippen LogP contribution is -2.05. The Hall–Kier alpha value is -8.54. The molecule has 4 heterocycles. The van der Waals surface area contributed by atoms with Gasteiger partial charge in [-0.15, -0.1) is 0 Å². The fourth-order valence-corrected chi connectivity index (χ4v) is 9.82. The highest BCUT2D eigenvalue weighted by atomic mass is 15.2. The van der Waals surface area contributed by atoms with Crippen LogP contribution in [0, 0.1) is 0 Å². The Balaban J connectivity index is 1.09. The van der Waals surface area contributed by atoms with Crippen LogP contribution in [-0.4, -0.2) is 23.7 Å². The third-order valence-electron chi connectivity index (χ3n) is 12.7. The topological polar surface area (TPSA) is 40.6 Å². The summed E-state index contributed by atoms with van der Waals surface area (Å²) in [5.41, 5.74) is 15.1. The van der Waals surface area contributed by atoms with Crippen molar-refractivity contribution < 1.29 is 0 Å². The Morgan fingerprint density at radius 3 is 1.41 bits per heavy atom. The molecule has 0 amide bonds. The van der Waals surface area contributed by atoms with Crippen LogP contribution in [0.25, 0.3) is 116 Å². The summed E-state index contributed by atoms with van der Waals surface area (Å²) in [6, 6.07) is 80.2. The molecule has 5 nitrogen and oxygen atoms in total. The smallest absolute Gasteiger partial charge is 0.237 e. The molecule has 13 aromatic rings. The third kappa shape index (κ3) is 5.50. The molecule has 0 spiro atoms. The first-order valence-electron chi connectivity index (χ1n) is 21.4. The Morgan fingerprint density at radius 1 is 0.270 bits per heavy atom. The van der Waals surface area contributed by atoms with E-state index in [4.69, 9.17) is 9.97 Å². The lowest BCUT2D eigenvalue weighted by atomic mass is 10.0. The van der Waals surface area contributed by atoms with Crippen LogP contribution in [0.1, 0.15) is 0 Å². The van der Waals surface area contributed by atoms with Crippen molar-refractivity contribution in [3.63, 3.8) is 0 Å². The number of para-hydroxylation sites is 4. The standard InChI is InChI=1S/C58H37N5/c1-5-17-38(18-6-1)40-30-34-53-49(36-40)55-56(39-19-7-2-8-20-39)59-58(60-57(55)62(53)44-23-11-4-12-24-44)63-51-28-16-13-25-45(51)47-32-29-42(37-54(47)63)41-31-33-52-48(35-41)46-26-14-15-27-50(46)61(52)43-21-9-3-10-22-43/h1-37H. The van der Waals surface area contributed by atoms with E-state index in [0.29, 0.717) is 5.95 Å². The minimum Gasteiger partial charge on any atom is -0.309 e. The van der Waals surface area contributed by atoms with Crippen molar-refractivity contribution >= 4 is 65.5 Å². The molecular weight excluding hydrogens is 767 g/mol. The van der Waals surface area contributed by atoms with E-state index in [1.165, 1.54) is 27.4 Å². The van der Waals surface area contributed by atoms with E-state index in [9.17, 15) is 0 Å². The number of hydrogen-bond donors (Lipinski definition) is 0. The summed E-state index contributed by atoms with van der Waals surface area (Å²) in [7, 11) is 0. The van der Waals surface area contributed by atoms with Crippen molar-refractivity contribution in [3.8, 4) is 50.8 Å². The molecule has 4 aromatic heterocycles. The second-order valence-corrected chi connectivity index (χ2v) is 16.2. The lowest BCUT2D eigenvalue weighted by molar-refractivity contribution is 0.994. The number of rotatable bonds is 6. The Morgan fingerprint density at radius 2 is 0.730 bits per heavy atom. The van der Waals surface area contributed by atoms with Gasteiger partial charge in [0, 0.05) is 43.9 Å². The molecule has 9 aromatic carbocycles. The van der Waals surface area contributed by atoms with E-state index in [1.807, 2.05) is 0 Å². The molecule has 0 aliphatic rings. The van der Waals surface area contributed by atoms with Crippen LogP contribution in [-0.2, 0) is 0 Å². The Labute approximate surface area is 363 Å². The molecular formula is C58H37N5. The predicted molar refractivity (Wildman–Crippen MR) is 261 cm³/mol. The molecule has 0 saturated heterocycles. The number of nitrogens with zero attached hydrogens (tertiary/aromatic N) is 5. The first kappa shape index (κ1) is 35.2. The number of aromatic nitrogens is 5. The van der Waals surface area contributed by atoms with Crippen LogP contribution in [0.5, 0.6) is 0 Å². The summed E-state index contributed by atoms with van der Waals surface area (Å²) >= 11 is 0. The third-order valence-corrected chi connectivity index (χ3v) is 12.7. The van der Waals surface area contributed by atoms with Crippen molar-refractivity contribution in [2.24, 2.45) is 0 Å². The highest BCUT2D eigenvalue weighted by Crippen LogP contribution is 2.42. The zero-order valence-corrected chi connectivity index (χ0v) is 34.1. The molecule has 0 atom stereocenters. The molecule has 0 unspecified atom stereocenters. The molecule has 294 valence electrons. The van der Waals surface area contributed by atoms with Gasteiger partial charge in [-0.1, -0.05) is 158 Å². The van der Waals surface area contributed by atoms with Crippen LogP contribution in [0.3, 0.4) is 0 Å². The maximum atomic E-state index is 5.64. The Kier molecular flexibility index (Phi) is 7.84. The van der Waals surface area contributed by atoms with Crippen molar-refractivity contribution in [2.45, 2.75) is 0 Å². The zero-order valence-electron chi connectivity index (χ0n) is 34.1. The number of benzene rings is 9. The summed E-state index contributed by atoms with van der Waals surface area (Å²) < 4.78 is 6.93. The van der Waals surface area contributed by atoms with Gasteiger partial charge in [0.15, 0.2) is 5.65 Å². The molecule has 13 rings (SSSR count). The van der Waals surface area contributed by atoms with Gasteiger partial charge in [0.2, 0.25) is 5.95 Å². The van der Waals surface area contributed by atoms with Gasteiger partial charge in [0.25, 0.3) is 0 Å². The van der Waals surface area contributed by atoms with Crippen molar-refractivity contribution in [3.05, 3.63) is 224 Å². The monoisotopic (exact) mass is 803 g/mol. The second kappa shape index (κ2) is 14.0. The Bertz CT molecular complexity index is 3880. The van der Waals surface area contributed by atoms with E-state index in [2.05, 4.69) is 238 Å². The minimum absolute atomic E-state index is 0.620. The summed E-state index contributed by atoms with van der Waals surface area (Å²) in [5, 5.41) is 6.88. The van der Waals surface area contributed by atoms with Gasteiger partial charge in [-0.2, -0.15) is 4.98 Å². The van der Waals surface area contributed by atoms with Gasteiger partial charge in [0.05, 0.1) is 38.7 Å². The zero-order chi connectivity index (χ0) is 41.4. The second-order valence-electron chi connectivity index (χ2n) is 16.2. The van der Waals surface area contributed by atoms with Crippen LogP contribution in [0.2, 0.25) is 0 Å². The van der Waals surface area contributed by atoms with E-state index < -0.39 is 0 Å². The lowest BCUT2D eigenvalue weighted by Gasteiger charge is -2.12. The summed E-state index contributed by atoms with van der Waals surface area (Å²) in [6.45, 7) is 0. The first-order valence-corrected chi connectivity index (χ1v) is 21.4. The number of hydrogen-bond acceptors (Lipinski definition) is 2. The van der Waals surface area contributed by atoms with Gasteiger partial charge >= 0.3 is 0 Å².